The van der Waals surface area contributed by atoms with Gasteiger partial charge in [-0.05, 0) is 35.9 Å². The van der Waals surface area contributed by atoms with Gasteiger partial charge in [-0.2, -0.15) is 0 Å². The topological polar surface area (TPSA) is 67.9 Å². The Kier molecular flexibility index (Phi) is 6.19. The molecule has 0 fully saturated rings. The van der Waals surface area contributed by atoms with E-state index >= 15 is 0 Å². The van der Waals surface area contributed by atoms with Crippen molar-refractivity contribution >= 4 is 17.5 Å². The average Bonchev–Trinajstić information content (AvgIpc) is 2.82. The van der Waals surface area contributed by atoms with Crippen LogP contribution in [0.3, 0.4) is 0 Å². The van der Waals surface area contributed by atoms with Crippen molar-refractivity contribution in [3.8, 4) is 11.5 Å². The zero-order valence-corrected chi connectivity index (χ0v) is 18.6. The molecule has 1 aliphatic heterocycles. The maximum absolute atomic E-state index is 14.9. The number of nitrogens with one attached hydrogen (secondary N) is 1. The Labute approximate surface area is 193 Å². The molecule has 2 atom stereocenters. The van der Waals surface area contributed by atoms with Crippen LogP contribution in [0.25, 0.3) is 0 Å². The summed E-state index contributed by atoms with van der Waals surface area (Å²) in [6, 6.07) is 10.4. The summed E-state index contributed by atoms with van der Waals surface area (Å²) in [6.45, 7) is 0. The molecule has 6 nitrogen and oxygen atoms in total. The van der Waals surface area contributed by atoms with E-state index in [2.05, 4.69) is 5.32 Å². The van der Waals surface area contributed by atoms with Gasteiger partial charge in [0.15, 0.2) is 11.5 Å². The van der Waals surface area contributed by atoms with Crippen molar-refractivity contribution < 1.29 is 32.2 Å². The molecular formula is C25H21F3N2O4. The zero-order valence-electron chi connectivity index (χ0n) is 18.6. The maximum Gasteiger partial charge on any atom is 0.254 e. The van der Waals surface area contributed by atoms with E-state index in [1.807, 2.05) is 0 Å². The van der Waals surface area contributed by atoms with Gasteiger partial charge in [0.2, 0.25) is 5.91 Å². The second-order valence-corrected chi connectivity index (χ2v) is 7.77. The monoisotopic (exact) mass is 470 g/mol. The highest BCUT2D eigenvalue weighted by Gasteiger charge is 2.44. The molecule has 0 aromatic heterocycles. The van der Waals surface area contributed by atoms with E-state index < -0.39 is 41.2 Å². The van der Waals surface area contributed by atoms with E-state index in [9.17, 15) is 22.8 Å². The highest BCUT2D eigenvalue weighted by atomic mass is 19.1. The molecule has 0 bridgehead atoms. The van der Waals surface area contributed by atoms with Gasteiger partial charge in [-0.15, -0.1) is 0 Å². The standard InChI is InChI=1S/C25H21F3N2O4/c1-30-23(14-6-4-5-7-17(14)27)22(24(31)29-19-9-8-13(26)10-18(19)28)15-11-20(33-2)21(34-3)12-16(15)25(30)32/h4-12,22-23H,1-3H3,(H,29,31)/t22-,23+/m0/s1. The van der Waals surface area contributed by atoms with Crippen molar-refractivity contribution in [1.82, 2.24) is 4.90 Å². The fourth-order valence-electron chi connectivity index (χ4n) is 4.24. The zero-order chi connectivity index (χ0) is 24.6. The lowest BCUT2D eigenvalue weighted by Crippen LogP contribution is -2.44. The van der Waals surface area contributed by atoms with Gasteiger partial charge in [-0.1, -0.05) is 18.2 Å². The van der Waals surface area contributed by atoms with Crippen molar-refractivity contribution in [3.05, 3.63) is 88.7 Å². The summed E-state index contributed by atoms with van der Waals surface area (Å²) in [5.74, 6) is -4.17. The number of anilines is 1. The third kappa shape index (κ3) is 3.93. The minimum absolute atomic E-state index is 0.110. The Balaban J connectivity index is 1.91. The van der Waals surface area contributed by atoms with E-state index in [0.29, 0.717) is 6.07 Å². The third-order valence-corrected chi connectivity index (χ3v) is 5.87. The fourth-order valence-corrected chi connectivity index (χ4v) is 4.24. The van der Waals surface area contributed by atoms with Crippen LogP contribution in [0.15, 0.2) is 54.6 Å². The molecule has 1 heterocycles. The summed E-state index contributed by atoms with van der Waals surface area (Å²) >= 11 is 0. The van der Waals surface area contributed by atoms with E-state index in [1.165, 1.54) is 56.5 Å². The minimum Gasteiger partial charge on any atom is -0.493 e. The van der Waals surface area contributed by atoms with Crippen LogP contribution in [0.4, 0.5) is 18.9 Å². The smallest absolute Gasteiger partial charge is 0.254 e. The Morgan fingerprint density at radius 2 is 1.59 bits per heavy atom. The molecule has 1 N–H and O–H groups in total. The number of methoxy groups -OCH3 is 2. The Morgan fingerprint density at radius 1 is 0.912 bits per heavy atom. The maximum atomic E-state index is 14.9. The van der Waals surface area contributed by atoms with E-state index in [1.54, 1.807) is 6.07 Å². The van der Waals surface area contributed by atoms with Gasteiger partial charge >= 0.3 is 0 Å². The van der Waals surface area contributed by atoms with Gasteiger partial charge in [0.25, 0.3) is 5.91 Å². The number of carbonyl (C=O) groups excluding carboxylic acids is 2. The Hall–Kier alpha value is -4.01. The van der Waals surface area contributed by atoms with Crippen LogP contribution >= 0.6 is 0 Å². The third-order valence-electron chi connectivity index (χ3n) is 5.87. The molecule has 34 heavy (non-hydrogen) atoms. The van der Waals surface area contributed by atoms with Gasteiger partial charge in [0.05, 0.1) is 31.9 Å². The summed E-state index contributed by atoms with van der Waals surface area (Å²) in [6.07, 6.45) is 0. The number of likely N-dealkylation sites (N-methyl/N-ethyl adjacent to an activating group) is 1. The molecule has 0 unspecified atom stereocenters. The van der Waals surface area contributed by atoms with Crippen molar-refractivity contribution in [2.45, 2.75) is 12.0 Å². The lowest BCUT2D eigenvalue weighted by molar-refractivity contribution is -0.119. The predicted octanol–water partition coefficient (Wildman–Crippen LogP) is 4.67. The molecule has 0 saturated heterocycles. The number of fused-ring (bicyclic) bond motifs is 1. The number of carbonyl (C=O) groups is 2. The molecule has 2 amide bonds. The fraction of sp³-hybridized carbons (Fsp3) is 0.200. The number of rotatable bonds is 5. The molecule has 9 heteroatoms. The molecule has 0 saturated carbocycles. The van der Waals surface area contributed by atoms with Crippen LogP contribution < -0.4 is 14.8 Å². The summed E-state index contributed by atoms with van der Waals surface area (Å²) in [7, 11) is 4.26. The number of hydrogen-bond acceptors (Lipinski definition) is 4. The molecule has 1 aliphatic rings. The van der Waals surface area contributed by atoms with Gasteiger partial charge in [-0.25, -0.2) is 13.2 Å². The molecule has 3 aromatic carbocycles. The predicted molar refractivity (Wildman–Crippen MR) is 119 cm³/mol. The Morgan fingerprint density at radius 3 is 2.24 bits per heavy atom. The van der Waals surface area contributed by atoms with E-state index in [0.717, 1.165) is 12.1 Å². The van der Waals surface area contributed by atoms with Crippen LogP contribution in [0.5, 0.6) is 11.5 Å². The number of nitrogens with zero attached hydrogens (tertiary/aromatic N) is 1. The van der Waals surface area contributed by atoms with Gasteiger partial charge in [0, 0.05) is 24.2 Å². The number of benzene rings is 3. The van der Waals surface area contributed by atoms with Crippen molar-refractivity contribution in [2.75, 3.05) is 26.6 Å². The molecule has 4 rings (SSSR count). The largest absolute Gasteiger partial charge is 0.493 e. The van der Waals surface area contributed by atoms with Crippen LogP contribution in [0.1, 0.15) is 33.4 Å². The first-order valence-electron chi connectivity index (χ1n) is 10.3. The second-order valence-electron chi connectivity index (χ2n) is 7.77. The summed E-state index contributed by atoms with van der Waals surface area (Å²) < 4.78 is 53.2. The van der Waals surface area contributed by atoms with Crippen molar-refractivity contribution in [1.29, 1.82) is 0 Å². The lowest BCUT2D eigenvalue weighted by atomic mass is 9.79. The molecule has 176 valence electrons. The van der Waals surface area contributed by atoms with Gasteiger partial charge < -0.3 is 19.7 Å². The van der Waals surface area contributed by atoms with Crippen molar-refractivity contribution in [3.63, 3.8) is 0 Å². The first kappa shape index (κ1) is 23.2. The number of amides is 2. The first-order chi connectivity index (χ1) is 16.3. The second kappa shape index (κ2) is 9.09. The number of halogens is 3. The molecular weight excluding hydrogens is 449 g/mol. The quantitative estimate of drug-likeness (QED) is 0.589. The number of ether oxygens (including phenoxy) is 2. The van der Waals surface area contributed by atoms with Crippen LogP contribution in [-0.4, -0.2) is 38.0 Å². The molecule has 0 spiro atoms. The Bertz CT molecular complexity index is 1280. The minimum atomic E-state index is -1.15. The average molecular weight is 470 g/mol. The SMILES string of the molecule is COc1cc2c(cc1OC)[C@H](C(=O)Nc1ccc(F)cc1F)[C@@H](c1ccccc1F)N(C)C2=O. The summed E-state index contributed by atoms with van der Waals surface area (Å²) in [5, 5.41) is 2.46. The van der Waals surface area contributed by atoms with Crippen LogP contribution in [0.2, 0.25) is 0 Å². The van der Waals surface area contributed by atoms with E-state index in [4.69, 9.17) is 9.47 Å². The lowest BCUT2D eigenvalue weighted by Gasteiger charge is -2.40. The highest BCUT2D eigenvalue weighted by Crippen LogP contribution is 2.46. The van der Waals surface area contributed by atoms with Crippen LogP contribution in [-0.2, 0) is 4.79 Å². The molecule has 0 radical (unpaired) electrons. The summed E-state index contributed by atoms with van der Waals surface area (Å²) in [5.41, 5.74) is 0.278. The first-order valence-corrected chi connectivity index (χ1v) is 10.3. The van der Waals surface area contributed by atoms with Gasteiger partial charge in [0.1, 0.15) is 17.5 Å². The van der Waals surface area contributed by atoms with Crippen LogP contribution in [0, 0.1) is 17.5 Å². The van der Waals surface area contributed by atoms with E-state index in [-0.39, 0.29) is 33.9 Å². The number of hydrogen-bond donors (Lipinski definition) is 1. The highest BCUT2D eigenvalue weighted by molar-refractivity contribution is 6.05. The van der Waals surface area contributed by atoms with Gasteiger partial charge in [-0.3, -0.25) is 9.59 Å². The summed E-state index contributed by atoms with van der Waals surface area (Å²) in [4.78, 5) is 28.1. The van der Waals surface area contributed by atoms with Crippen molar-refractivity contribution in [2.24, 2.45) is 0 Å². The molecule has 3 aromatic rings. The normalized spacial score (nSPS) is 17.2. The molecule has 0 aliphatic carbocycles.